The van der Waals surface area contributed by atoms with Gasteiger partial charge in [-0.1, -0.05) is 0 Å². The van der Waals surface area contributed by atoms with E-state index < -0.39 is 11.4 Å². The number of methoxy groups -OCH3 is 1. The van der Waals surface area contributed by atoms with Gasteiger partial charge < -0.3 is 19.1 Å². The summed E-state index contributed by atoms with van der Waals surface area (Å²) in [5.74, 6) is 0.0497. The number of aromatic nitrogens is 2. The average Bonchev–Trinajstić information content (AvgIpc) is 2.60. The molecule has 0 aliphatic carbocycles. The summed E-state index contributed by atoms with van der Waals surface area (Å²) in [6.45, 7) is 13.2. The van der Waals surface area contributed by atoms with Crippen LogP contribution in [0.4, 0.5) is 4.79 Å². The Morgan fingerprint density at radius 1 is 1.26 bits per heavy atom. The van der Waals surface area contributed by atoms with E-state index >= 15 is 0 Å². The molecule has 7 nitrogen and oxygen atoms in total. The van der Waals surface area contributed by atoms with Gasteiger partial charge in [0.25, 0.3) is 0 Å². The van der Waals surface area contributed by atoms with E-state index in [4.69, 9.17) is 19.2 Å². The van der Waals surface area contributed by atoms with Crippen molar-refractivity contribution in [3.8, 4) is 0 Å². The fourth-order valence-electron chi connectivity index (χ4n) is 3.33. The molecule has 1 aliphatic rings. The number of amides is 1. The topological polar surface area (TPSA) is 73.8 Å². The maximum atomic E-state index is 12.3. The van der Waals surface area contributed by atoms with Crippen molar-refractivity contribution in [2.24, 2.45) is 0 Å². The first-order valence-electron chi connectivity index (χ1n) is 9.60. The quantitative estimate of drug-likeness (QED) is 0.725. The highest BCUT2D eigenvalue weighted by molar-refractivity contribution is 5.68. The number of rotatable bonds is 5. The van der Waals surface area contributed by atoms with Crippen molar-refractivity contribution in [3.05, 3.63) is 23.3 Å². The Hall–Kier alpha value is -1.73. The van der Waals surface area contributed by atoms with E-state index in [1.54, 1.807) is 18.2 Å². The van der Waals surface area contributed by atoms with Crippen molar-refractivity contribution in [1.82, 2.24) is 14.9 Å². The molecule has 1 unspecified atom stereocenters. The van der Waals surface area contributed by atoms with E-state index in [9.17, 15) is 4.79 Å². The van der Waals surface area contributed by atoms with Crippen LogP contribution in [0.3, 0.4) is 0 Å². The summed E-state index contributed by atoms with van der Waals surface area (Å²) in [7, 11) is 1.63. The number of likely N-dealkylation sites (tertiary alicyclic amines) is 1. The minimum absolute atomic E-state index is 0.218. The molecule has 2 heterocycles. The van der Waals surface area contributed by atoms with Gasteiger partial charge in [0.1, 0.15) is 11.4 Å². The van der Waals surface area contributed by atoms with Crippen LogP contribution >= 0.6 is 0 Å². The van der Waals surface area contributed by atoms with E-state index in [2.05, 4.69) is 4.98 Å². The minimum atomic E-state index is -0.889. The Morgan fingerprint density at radius 3 is 2.41 bits per heavy atom. The summed E-state index contributed by atoms with van der Waals surface area (Å²) in [6, 6.07) is 0. The van der Waals surface area contributed by atoms with Crippen LogP contribution in [0.2, 0.25) is 0 Å². The Kier molecular flexibility index (Phi) is 6.81. The molecule has 152 valence electrons. The van der Waals surface area contributed by atoms with Crippen LogP contribution in [0.25, 0.3) is 0 Å². The van der Waals surface area contributed by atoms with E-state index in [1.807, 2.05) is 41.5 Å². The maximum absolute atomic E-state index is 12.3. The molecule has 1 fully saturated rings. The molecule has 0 radical (unpaired) electrons. The number of hydrogen-bond donors (Lipinski definition) is 0. The van der Waals surface area contributed by atoms with Crippen molar-refractivity contribution >= 4 is 6.09 Å². The van der Waals surface area contributed by atoms with E-state index in [-0.39, 0.29) is 12.0 Å². The standard InChI is InChI=1S/C20H33N3O4/c1-8-26-20(6,25-7)16-13-21-14(2)22-17(16)15-9-11-23(12-10-15)18(24)27-19(3,4)5/h13,15H,8-12H2,1-7H3. The summed E-state index contributed by atoms with van der Waals surface area (Å²) in [5, 5.41) is 0. The lowest BCUT2D eigenvalue weighted by molar-refractivity contribution is -0.217. The summed E-state index contributed by atoms with van der Waals surface area (Å²) in [5.41, 5.74) is 1.32. The monoisotopic (exact) mass is 379 g/mol. The second-order valence-corrected chi connectivity index (χ2v) is 8.04. The third-order valence-electron chi connectivity index (χ3n) is 4.77. The average molecular weight is 380 g/mol. The lowest BCUT2D eigenvalue weighted by atomic mass is 9.89. The highest BCUT2D eigenvalue weighted by Crippen LogP contribution is 2.36. The van der Waals surface area contributed by atoms with Gasteiger partial charge in [-0.15, -0.1) is 0 Å². The molecule has 27 heavy (non-hydrogen) atoms. The Morgan fingerprint density at radius 2 is 1.89 bits per heavy atom. The SMILES string of the molecule is CCOC(C)(OC)c1cnc(C)nc1C1CCN(C(=O)OC(C)(C)C)CC1. The van der Waals surface area contributed by atoms with Gasteiger partial charge in [0, 0.05) is 38.9 Å². The highest BCUT2D eigenvalue weighted by Gasteiger charge is 2.35. The first-order valence-corrected chi connectivity index (χ1v) is 9.60. The van der Waals surface area contributed by atoms with Crippen LogP contribution in [0, 0.1) is 6.92 Å². The van der Waals surface area contributed by atoms with Crippen LogP contribution in [0.5, 0.6) is 0 Å². The van der Waals surface area contributed by atoms with Crippen molar-refractivity contribution < 1.29 is 19.0 Å². The number of carbonyl (C=O) groups excluding carboxylic acids is 1. The predicted molar refractivity (Wildman–Crippen MR) is 103 cm³/mol. The Labute approximate surface area is 162 Å². The zero-order chi connectivity index (χ0) is 20.2. The summed E-state index contributed by atoms with van der Waals surface area (Å²) >= 11 is 0. The van der Waals surface area contributed by atoms with Crippen LogP contribution < -0.4 is 0 Å². The van der Waals surface area contributed by atoms with Crippen molar-refractivity contribution in [2.45, 2.75) is 71.7 Å². The summed E-state index contributed by atoms with van der Waals surface area (Å²) < 4.78 is 17.0. The number of ether oxygens (including phenoxy) is 3. The lowest BCUT2D eigenvalue weighted by Crippen LogP contribution is -2.42. The molecule has 0 aromatic carbocycles. The van der Waals surface area contributed by atoms with Gasteiger partial charge in [0.2, 0.25) is 0 Å². The second kappa shape index (κ2) is 8.52. The molecule has 0 spiro atoms. The van der Waals surface area contributed by atoms with Crippen LogP contribution in [-0.4, -0.2) is 53.4 Å². The van der Waals surface area contributed by atoms with Gasteiger partial charge in [-0.2, -0.15) is 0 Å². The highest BCUT2D eigenvalue weighted by atomic mass is 16.7. The van der Waals surface area contributed by atoms with E-state index in [1.165, 1.54) is 0 Å². The van der Waals surface area contributed by atoms with Crippen LogP contribution in [-0.2, 0) is 20.0 Å². The number of carbonyl (C=O) groups is 1. The fraction of sp³-hybridized carbons (Fsp3) is 0.750. The van der Waals surface area contributed by atoms with Gasteiger partial charge in [-0.05, 0) is 54.4 Å². The minimum Gasteiger partial charge on any atom is -0.444 e. The third kappa shape index (κ3) is 5.39. The molecular weight excluding hydrogens is 346 g/mol. The molecule has 1 atom stereocenters. The number of nitrogens with zero attached hydrogens (tertiary/aromatic N) is 3. The van der Waals surface area contributed by atoms with Gasteiger partial charge >= 0.3 is 6.09 Å². The van der Waals surface area contributed by atoms with Crippen LogP contribution in [0.15, 0.2) is 6.20 Å². The van der Waals surface area contributed by atoms with E-state index in [0.717, 1.165) is 29.9 Å². The van der Waals surface area contributed by atoms with Gasteiger partial charge in [-0.25, -0.2) is 14.8 Å². The summed E-state index contributed by atoms with van der Waals surface area (Å²) in [6.07, 6.45) is 3.18. The largest absolute Gasteiger partial charge is 0.444 e. The summed E-state index contributed by atoms with van der Waals surface area (Å²) in [4.78, 5) is 23.2. The molecule has 1 aromatic rings. The maximum Gasteiger partial charge on any atom is 0.410 e. The molecular formula is C20H33N3O4. The van der Waals surface area contributed by atoms with Crippen molar-refractivity contribution in [1.29, 1.82) is 0 Å². The first kappa shape index (κ1) is 21.6. The second-order valence-electron chi connectivity index (χ2n) is 8.04. The molecule has 7 heteroatoms. The van der Waals surface area contributed by atoms with Crippen molar-refractivity contribution in [2.75, 3.05) is 26.8 Å². The van der Waals surface area contributed by atoms with Crippen molar-refractivity contribution in [3.63, 3.8) is 0 Å². The molecule has 0 N–H and O–H groups in total. The van der Waals surface area contributed by atoms with E-state index in [0.29, 0.717) is 19.7 Å². The third-order valence-corrected chi connectivity index (χ3v) is 4.77. The Bertz CT molecular complexity index is 651. The molecule has 0 bridgehead atoms. The zero-order valence-corrected chi connectivity index (χ0v) is 17.7. The lowest BCUT2D eigenvalue weighted by Gasteiger charge is -2.36. The molecule has 2 rings (SSSR count). The smallest absolute Gasteiger partial charge is 0.410 e. The molecule has 1 saturated heterocycles. The molecule has 1 aromatic heterocycles. The molecule has 1 aliphatic heterocycles. The normalized spacial score (nSPS) is 18.3. The predicted octanol–water partition coefficient (Wildman–Crippen LogP) is 3.76. The van der Waals surface area contributed by atoms with Gasteiger partial charge in [-0.3, -0.25) is 0 Å². The van der Waals surface area contributed by atoms with Gasteiger partial charge in [0.05, 0.1) is 11.3 Å². The zero-order valence-electron chi connectivity index (χ0n) is 17.7. The number of aryl methyl sites for hydroxylation is 1. The van der Waals surface area contributed by atoms with Crippen LogP contribution in [0.1, 0.15) is 70.5 Å². The molecule has 1 amide bonds. The molecule has 0 saturated carbocycles. The fourth-order valence-corrected chi connectivity index (χ4v) is 3.33. The number of piperidine rings is 1. The number of hydrogen-bond acceptors (Lipinski definition) is 6. The first-order chi connectivity index (χ1) is 12.6. The Balaban J connectivity index is 2.18. The van der Waals surface area contributed by atoms with Gasteiger partial charge in [0.15, 0.2) is 5.79 Å².